The maximum atomic E-state index is 5.92. The van der Waals surface area contributed by atoms with E-state index in [1.807, 2.05) is 12.1 Å². The molecule has 15 heavy (non-hydrogen) atoms. The zero-order valence-corrected chi connectivity index (χ0v) is 9.56. The van der Waals surface area contributed by atoms with E-state index in [2.05, 4.69) is 17.4 Å². The number of hydrogen-bond donors (Lipinski definition) is 1. The minimum atomic E-state index is 0.577. The van der Waals surface area contributed by atoms with Crippen LogP contribution in [0.4, 0.5) is 0 Å². The van der Waals surface area contributed by atoms with Crippen molar-refractivity contribution in [2.45, 2.75) is 25.2 Å². The van der Waals surface area contributed by atoms with Gasteiger partial charge in [0.2, 0.25) is 0 Å². The maximum Gasteiger partial charge on any atom is 0.0406 e. The van der Waals surface area contributed by atoms with E-state index in [1.54, 1.807) is 0 Å². The van der Waals surface area contributed by atoms with Gasteiger partial charge in [0.25, 0.3) is 0 Å². The van der Waals surface area contributed by atoms with Crippen LogP contribution in [-0.4, -0.2) is 13.1 Å². The summed E-state index contributed by atoms with van der Waals surface area (Å²) in [5, 5.41) is 4.39. The van der Waals surface area contributed by atoms with Crippen molar-refractivity contribution in [3.8, 4) is 0 Å². The van der Waals surface area contributed by atoms with E-state index in [-0.39, 0.29) is 0 Å². The quantitative estimate of drug-likeness (QED) is 0.768. The van der Waals surface area contributed by atoms with Crippen LogP contribution in [0.5, 0.6) is 0 Å². The molecular formula is C13H16ClN. The molecule has 1 nitrogen and oxygen atoms in total. The highest BCUT2D eigenvalue weighted by Gasteiger charge is 2.47. The van der Waals surface area contributed by atoms with E-state index >= 15 is 0 Å². The molecule has 1 heterocycles. The van der Waals surface area contributed by atoms with Gasteiger partial charge in [-0.1, -0.05) is 30.2 Å². The molecule has 0 amide bonds. The highest BCUT2D eigenvalue weighted by Crippen LogP contribution is 2.53. The zero-order valence-electron chi connectivity index (χ0n) is 8.80. The maximum absolute atomic E-state index is 5.92. The first-order valence-corrected chi connectivity index (χ1v) is 6.14. The second-order valence-corrected chi connectivity index (χ2v) is 5.39. The van der Waals surface area contributed by atoms with Gasteiger partial charge in [-0.25, -0.2) is 0 Å². The van der Waals surface area contributed by atoms with Crippen molar-refractivity contribution in [2.24, 2.45) is 5.41 Å². The van der Waals surface area contributed by atoms with Crippen molar-refractivity contribution in [1.82, 2.24) is 5.32 Å². The van der Waals surface area contributed by atoms with Crippen molar-refractivity contribution in [3.63, 3.8) is 0 Å². The smallest absolute Gasteiger partial charge is 0.0406 e. The molecule has 2 fully saturated rings. The number of benzene rings is 1. The first-order valence-electron chi connectivity index (χ1n) is 5.76. The third kappa shape index (κ3) is 1.49. The first kappa shape index (κ1) is 9.68. The minimum Gasteiger partial charge on any atom is -0.316 e. The summed E-state index contributed by atoms with van der Waals surface area (Å²) in [6, 6.07) is 8.42. The van der Waals surface area contributed by atoms with Gasteiger partial charge in [-0.2, -0.15) is 0 Å². The molecule has 0 radical (unpaired) electrons. The molecule has 1 aliphatic heterocycles. The van der Waals surface area contributed by atoms with E-state index in [9.17, 15) is 0 Å². The highest BCUT2D eigenvalue weighted by atomic mass is 35.5. The number of halogens is 1. The molecule has 80 valence electrons. The lowest BCUT2D eigenvalue weighted by Crippen LogP contribution is -2.35. The summed E-state index contributed by atoms with van der Waals surface area (Å²) < 4.78 is 0. The standard InChI is InChI=1S/C13H16ClN/c14-11-4-2-10(3-5-11)12-8-15-9-13(12)6-1-7-13/h2-5,12,15H,1,6-9H2/t12-/m0/s1. The Morgan fingerprint density at radius 1 is 1.20 bits per heavy atom. The van der Waals surface area contributed by atoms with Gasteiger partial charge < -0.3 is 5.32 Å². The summed E-state index contributed by atoms with van der Waals surface area (Å²) in [5.74, 6) is 0.712. The second-order valence-electron chi connectivity index (χ2n) is 4.95. The average molecular weight is 222 g/mol. The third-order valence-electron chi connectivity index (χ3n) is 4.19. The Morgan fingerprint density at radius 3 is 2.53 bits per heavy atom. The molecule has 2 aliphatic rings. The summed E-state index contributed by atoms with van der Waals surface area (Å²) in [5.41, 5.74) is 2.04. The van der Waals surface area contributed by atoms with E-state index in [0.29, 0.717) is 11.3 Å². The van der Waals surface area contributed by atoms with Crippen LogP contribution in [0.25, 0.3) is 0 Å². The highest BCUT2D eigenvalue weighted by molar-refractivity contribution is 6.30. The molecule has 1 aliphatic carbocycles. The van der Waals surface area contributed by atoms with Crippen LogP contribution >= 0.6 is 11.6 Å². The molecule has 0 aromatic heterocycles. The van der Waals surface area contributed by atoms with Crippen LogP contribution in [0.2, 0.25) is 5.02 Å². The fourth-order valence-electron chi connectivity index (χ4n) is 3.13. The van der Waals surface area contributed by atoms with Crippen molar-refractivity contribution < 1.29 is 0 Å². The average Bonchev–Trinajstić information content (AvgIpc) is 2.62. The van der Waals surface area contributed by atoms with E-state index in [4.69, 9.17) is 11.6 Å². The van der Waals surface area contributed by atoms with Gasteiger partial charge in [0, 0.05) is 24.0 Å². The Kier molecular flexibility index (Phi) is 2.26. The minimum absolute atomic E-state index is 0.577. The Morgan fingerprint density at radius 2 is 1.93 bits per heavy atom. The largest absolute Gasteiger partial charge is 0.316 e. The fourth-order valence-corrected chi connectivity index (χ4v) is 3.25. The summed E-state index contributed by atoms with van der Waals surface area (Å²) in [4.78, 5) is 0. The van der Waals surface area contributed by atoms with Gasteiger partial charge >= 0.3 is 0 Å². The molecule has 2 heteroatoms. The van der Waals surface area contributed by atoms with Crippen LogP contribution in [0.3, 0.4) is 0 Å². The normalized spacial score (nSPS) is 27.9. The number of nitrogens with one attached hydrogen (secondary N) is 1. The third-order valence-corrected chi connectivity index (χ3v) is 4.44. The topological polar surface area (TPSA) is 12.0 Å². The molecule has 1 aromatic rings. The van der Waals surface area contributed by atoms with Gasteiger partial charge in [-0.3, -0.25) is 0 Å². The summed E-state index contributed by atoms with van der Waals surface area (Å²) in [6.45, 7) is 2.35. The van der Waals surface area contributed by atoms with Crippen LogP contribution < -0.4 is 5.32 Å². The second kappa shape index (κ2) is 3.50. The molecule has 1 saturated carbocycles. The number of rotatable bonds is 1. The van der Waals surface area contributed by atoms with Crippen molar-refractivity contribution in [1.29, 1.82) is 0 Å². The van der Waals surface area contributed by atoms with Crippen molar-refractivity contribution in [2.75, 3.05) is 13.1 Å². The molecule has 1 N–H and O–H groups in total. The fraction of sp³-hybridized carbons (Fsp3) is 0.538. The van der Waals surface area contributed by atoms with Gasteiger partial charge in [0.15, 0.2) is 0 Å². The lowest BCUT2D eigenvalue weighted by atomic mass is 9.61. The molecule has 3 rings (SSSR count). The Bertz CT molecular complexity index is 353. The SMILES string of the molecule is Clc1ccc([C@@H]2CNCC23CCC3)cc1. The molecule has 1 atom stereocenters. The Hall–Kier alpha value is -0.530. The summed E-state index contributed by atoms with van der Waals surface area (Å²) in [6.07, 6.45) is 4.20. The predicted molar refractivity (Wildman–Crippen MR) is 63.3 cm³/mol. The van der Waals surface area contributed by atoms with E-state index in [0.717, 1.165) is 11.6 Å². The number of hydrogen-bond acceptors (Lipinski definition) is 1. The van der Waals surface area contributed by atoms with Crippen LogP contribution in [0, 0.1) is 5.41 Å². The lowest BCUT2D eigenvalue weighted by molar-refractivity contribution is 0.137. The van der Waals surface area contributed by atoms with Crippen LogP contribution in [0.15, 0.2) is 24.3 Å². The lowest BCUT2D eigenvalue weighted by Gasteiger charge is -2.43. The van der Waals surface area contributed by atoms with E-state index in [1.165, 1.54) is 31.4 Å². The van der Waals surface area contributed by atoms with E-state index < -0.39 is 0 Å². The van der Waals surface area contributed by atoms with Gasteiger partial charge in [0.05, 0.1) is 0 Å². The Labute approximate surface area is 95.8 Å². The molecule has 1 spiro atoms. The molecule has 0 unspecified atom stereocenters. The van der Waals surface area contributed by atoms with Gasteiger partial charge in [-0.05, 0) is 36.0 Å². The van der Waals surface area contributed by atoms with Crippen molar-refractivity contribution >= 4 is 11.6 Å². The molecular weight excluding hydrogens is 206 g/mol. The van der Waals surface area contributed by atoms with Crippen LogP contribution in [0.1, 0.15) is 30.7 Å². The molecule has 1 saturated heterocycles. The first-order chi connectivity index (χ1) is 7.30. The summed E-state index contributed by atoms with van der Waals surface area (Å²) in [7, 11) is 0. The predicted octanol–water partition coefficient (Wildman–Crippen LogP) is 3.20. The molecule has 0 bridgehead atoms. The van der Waals surface area contributed by atoms with Gasteiger partial charge in [0.1, 0.15) is 0 Å². The Balaban J connectivity index is 1.90. The van der Waals surface area contributed by atoms with Crippen LogP contribution in [-0.2, 0) is 0 Å². The monoisotopic (exact) mass is 221 g/mol. The van der Waals surface area contributed by atoms with Crippen molar-refractivity contribution in [3.05, 3.63) is 34.9 Å². The summed E-state index contributed by atoms with van der Waals surface area (Å²) >= 11 is 5.92. The zero-order chi connectivity index (χ0) is 10.3. The molecule has 1 aromatic carbocycles. The van der Waals surface area contributed by atoms with Gasteiger partial charge in [-0.15, -0.1) is 0 Å².